The molecule has 4 aromatic rings. The summed E-state index contributed by atoms with van der Waals surface area (Å²) in [6.45, 7) is -0.0311. The van der Waals surface area contributed by atoms with Gasteiger partial charge >= 0.3 is 11.8 Å². The van der Waals surface area contributed by atoms with E-state index in [2.05, 4.69) is 0 Å². The lowest BCUT2D eigenvalue weighted by Gasteiger charge is -2.32. The number of non-ortho nitro benzene ring substituents is 1. The first kappa shape index (κ1) is 29.2. The van der Waals surface area contributed by atoms with Crippen LogP contribution in [-0.2, 0) is 11.3 Å². The van der Waals surface area contributed by atoms with E-state index in [4.69, 9.17) is 9.47 Å². The van der Waals surface area contributed by atoms with Crippen LogP contribution in [0.25, 0.3) is 0 Å². The quantitative estimate of drug-likeness (QED) is 0.149. The van der Waals surface area contributed by atoms with Crippen molar-refractivity contribution in [3.63, 3.8) is 0 Å². The molecule has 0 fully saturated rings. The number of nitro groups is 2. The molecule has 0 saturated heterocycles. The predicted octanol–water partition coefficient (Wildman–Crippen LogP) is 7.37. The summed E-state index contributed by atoms with van der Waals surface area (Å²) in [5.74, 6) is 0.140. The minimum atomic E-state index is -0.742. The molecule has 0 N–H and O–H groups in total. The van der Waals surface area contributed by atoms with E-state index in [0.29, 0.717) is 5.56 Å². The van der Waals surface area contributed by atoms with E-state index in [1.807, 2.05) is 74.4 Å². The third kappa shape index (κ3) is 6.16. The Morgan fingerprint density at radius 3 is 1.88 bits per heavy atom. The number of hydrogen-bond donors (Lipinski definition) is 0. The monoisotopic (exact) mass is 601 g/mol. The van der Waals surface area contributed by atoms with Crippen LogP contribution >= 0.6 is 11.8 Å². The molecule has 0 aromatic heterocycles. The maximum absolute atomic E-state index is 13.6. The van der Waals surface area contributed by atoms with Gasteiger partial charge in [0.2, 0.25) is 5.75 Å². The molecule has 5 rings (SSSR count). The van der Waals surface area contributed by atoms with Crippen LogP contribution in [0.15, 0.2) is 88.7 Å². The second-order valence-corrected chi connectivity index (χ2v) is 11.1. The Hall–Kier alpha value is -5.30. The smallest absolute Gasteiger partial charge is 0.419 e. The lowest BCUT2D eigenvalue weighted by atomic mass is 10.2. The van der Waals surface area contributed by atoms with Crippen LogP contribution < -0.4 is 19.4 Å². The van der Waals surface area contributed by atoms with Crippen molar-refractivity contribution in [2.45, 2.75) is 16.4 Å². The van der Waals surface area contributed by atoms with Crippen molar-refractivity contribution in [1.29, 1.82) is 0 Å². The zero-order valence-electron chi connectivity index (χ0n) is 23.7. The lowest BCUT2D eigenvalue weighted by molar-refractivity contribution is -0.394. The molecule has 0 aliphatic carbocycles. The molecule has 220 valence electrons. The summed E-state index contributed by atoms with van der Waals surface area (Å²) in [7, 11) is 7.84. The Labute approximate surface area is 251 Å². The number of hydrogen-bond acceptors (Lipinski definition) is 10. The van der Waals surface area contributed by atoms with E-state index < -0.39 is 27.3 Å². The van der Waals surface area contributed by atoms with Crippen LogP contribution in [0.5, 0.6) is 11.5 Å². The van der Waals surface area contributed by atoms with Gasteiger partial charge in [0.05, 0.1) is 27.3 Å². The highest BCUT2D eigenvalue weighted by molar-refractivity contribution is 7.99. The third-order valence-electron chi connectivity index (χ3n) is 6.67. The Bertz CT molecular complexity index is 1670. The maximum atomic E-state index is 13.6. The summed E-state index contributed by atoms with van der Waals surface area (Å²) in [5.41, 5.74) is 3.18. The number of benzene rings is 4. The van der Waals surface area contributed by atoms with Crippen LogP contribution in [0.4, 0.5) is 38.9 Å². The molecule has 0 atom stereocenters. The summed E-state index contributed by atoms with van der Waals surface area (Å²) in [5, 5.41) is 22.4. The highest BCUT2D eigenvalue weighted by Crippen LogP contribution is 2.50. The summed E-state index contributed by atoms with van der Waals surface area (Å²) < 4.78 is 11.4. The fourth-order valence-electron chi connectivity index (χ4n) is 4.38. The number of ether oxygens (including phenoxy) is 2. The average Bonchev–Trinajstić information content (AvgIpc) is 2.98. The van der Waals surface area contributed by atoms with Gasteiger partial charge in [-0.05, 0) is 60.2 Å². The zero-order chi connectivity index (χ0) is 30.8. The lowest BCUT2D eigenvalue weighted by Crippen LogP contribution is -2.29. The van der Waals surface area contributed by atoms with Crippen LogP contribution in [-0.4, -0.2) is 44.1 Å². The van der Waals surface area contributed by atoms with Gasteiger partial charge in [0.1, 0.15) is 12.4 Å². The van der Waals surface area contributed by atoms with Gasteiger partial charge in [-0.25, -0.2) is 9.69 Å². The highest BCUT2D eigenvalue weighted by Gasteiger charge is 2.30. The molecule has 13 heteroatoms. The molecule has 1 amide bonds. The molecule has 43 heavy (non-hydrogen) atoms. The number of rotatable bonds is 8. The number of nitro benzene ring substituents is 2. The van der Waals surface area contributed by atoms with Gasteiger partial charge in [-0.15, -0.1) is 0 Å². The SMILES string of the molecule is CN(C)c1ccc2c(c1)Sc1cc(N(C)C)ccc1N2C(=O)OCc1ccc(Oc2ccc([N+](=O)[O-])cc2[N+](=O)[O-])cc1. The number of anilines is 4. The maximum Gasteiger partial charge on any atom is 0.419 e. The van der Waals surface area contributed by atoms with Gasteiger partial charge in [0.15, 0.2) is 0 Å². The van der Waals surface area contributed by atoms with Crippen molar-refractivity contribution in [2.75, 3.05) is 42.9 Å². The molecule has 0 radical (unpaired) electrons. The Kier molecular flexibility index (Phi) is 8.08. The zero-order valence-corrected chi connectivity index (χ0v) is 24.5. The second kappa shape index (κ2) is 11.9. The topological polar surface area (TPSA) is 132 Å². The van der Waals surface area contributed by atoms with E-state index in [0.717, 1.165) is 44.7 Å². The first-order valence-corrected chi connectivity index (χ1v) is 13.8. The van der Waals surface area contributed by atoms with E-state index in [-0.39, 0.29) is 18.1 Å². The molecule has 4 aromatic carbocycles. The normalized spacial score (nSPS) is 11.7. The van der Waals surface area contributed by atoms with Crippen molar-refractivity contribution < 1.29 is 24.1 Å². The predicted molar refractivity (Wildman–Crippen MR) is 164 cm³/mol. The number of carbonyl (C=O) groups excluding carboxylic acids is 1. The minimum absolute atomic E-state index is 0.0311. The molecule has 1 aliphatic rings. The van der Waals surface area contributed by atoms with Crippen molar-refractivity contribution in [2.24, 2.45) is 0 Å². The molecule has 0 saturated carbocycles. The summed E-state index contributed by atoms with van der Waals surface area (Å²) in [6, 6.07) is 21.4. The molecule has 0 spiro atoms. The van der Waals surface area contributed by atoms with Crippen molar-refractivity contribution >= 4 is 52.0 Å². The third-order valence-corrected chi connectivity index (χ3v) is 7.76. The Morgan fingerprint density at radius 2 is 1.37 bits per heavy atom. The molecule has 0 unspecified atom stereocenters. The van der Waals surface area contributed by atoms with E-state index in [1.165, 1.54) is 6.07 Å². The van der Waals surface area contributed by atoms with Crippen molar-refractivity contribution in [1.82, 2.24) is 0 Å². The van der Waals surface area contributed by atoms with Gasteiger partial charge in [0, 0.05) is 55.4 Å². The first-order chi connectivity index (χ1) is 20.5. The summed E-state index contributed by atoms with van der Waals surface area (Å²) in [4.78, 5) is 41.9. The van der Waals surface area contributed by atoms with Gasteiger partial charge in [-0.2, -0.15) is 0 Å². The molecule has 0 bridgehead atoms. The number of fused-ring (bicyclic) bond motifs is 2. The van der Waals surface area contributed by atoms with E-state index >= 15 is 0 Å². The van der Waals surface area contributed by atoms with Crippen LogP contribution in [0.2, 0.25) is 0 Å². The van der Waals surface area contributed by atoms with Gasteiger partial charge in [-0.3, -0.25) is 20.2 Å². The average molecular weight is 602 g/mol. The van der Waals surface area contributed by atoms with Gasteiger partial charge in [-0.1, -0.05) is 23.9 Å². The molecule has 12 nitrogen and oxygen atoms in total. The van der Waals surface area contributed by atoms with E-state index in [9.17, 15) is 25.0 Å². The van der Waals surface area contributed by atoms with Crippen LogP contribution in [0, 0.1) is 20.2 Å². The fraction of sp³-hybridized carbons (Fsp3) is 0.167. The van der Waals surface area contributed by atoms with Crippen molar-refractivity contribution in [3.8, 4) is 11.5 Å². The van der Waals surface area contributed by atoms with Crippen LogP contribution in [0.3, 0.4) is 0 Å². The molecular weight excluding hydrogens is 574 g/mol. The highest BCUT2D eigenvalue weighted by atomic mass is 32.2. The standard InChI is InChI=1S/C30H27N5O7S/c1-31(2)20-7-12-24-28(16-20)43-29-17-21(32(3)4)8-13-25(29)33(24)30(36)41-18-19-5-10-23(11-6-19)42-27-14-9-22(34(37)38)15-26(27)35(39)40/h5-17H,18H2,1-4H3. The van der Waals surface area contributed by atoms with Gasteiger partial charge < -0.3 is 19.3 Å². The van der Waals surface area contributed by atoms with E-state index in [1.54, 1.807) is 40.9 Å². The second-order valence-electron chi connectivity index (χ2n) is 10.00. The summed E-state index contributed by atoms with van der Waals surface area (Å²) in [6.07, 6.45) is -0.542. The number of amides is 1. The Morgan fingerprint density at radius 1 is 0.791 bits per heavy atom. The fourth-order valence-corrected chi connectivity index (χ4v) is 5.50. The summed E-state index contributed by atoms with van der Waals surface area (Å²) >= 11 is 1.60. The minimum Gasteiger partial charge on any atom is -0.450 e. The van der Waals surface area contributed by atoms with Crippen molar-refractivity contribution in [3.05, 3.63) is 105 Å². The molecular formula is C30H27N5O7S. The molecule has 1 aliphatic heterocycles. The number of carbonyl (C=O) groups is 1. The Balaban J connectivity index is 1.34. The van der Waals surface area contributed by atoms with Gasteiger partial charge in [0.25, 0.3) is 5.69 Å². The van der Waals surface area contributed by atoms with Crippen LogP contribution in [0.1, 0.15) is 5.56 Å². The first-order valence-electron chi connectivity index (χ1n) is 13.0. The largest absolute Gasteiger partial charge is 0.450 e. The molecule has 1 heterocycles. The number of nitrogens with zero attached hydrogens (tertiary/aromatic N) is 5.